The fourth-order valence-corrected chi connectivity index (χ4v) is 1.27. The number of rotatable bonds is 5. The fourth-order valence-electron chi connectivity index (χ4n) is 1.27. The lowest BCUT2D eigenvalue weighted by atomic mass is 10.4. The first-order valence-electron chi connectivity index (χ1n) is 5.45. The van der Waals surface area contributed by atoms with E-state index in [1.807, 2.05) is 0 Å². The highest BCUT2D eigenvalue weighted by molar-refractivity contribution is 5.85. The molecule has 0 atom stereocenters. The second kappa shape index (κ2) is 6.53. The number of nitrogens with one attached hydrogen (secondary N) is 2. The number of methoxy groups -OCH3 is 1. The number of carbonyl (C=O) groups excluding carboxylic acids is 2. The molecule has 1 rings (SSSR count). The molecule has 1 heterocycles. The third-order valence-electron chi connectivity index (χ3n) is 2.03. The van der Waals surface area contributed by atoms with Crippen LogP contribution >= 0.6 is 0 Å². The highest BCUT2D eigenvalue weighted by atomic mass is 16.5. The average Bonchev–Trinajstić information content (AvgIpc) is 2.32. The van der Waals surface area contributed by atoms with Gasteiger partial charge in [0, 0.05) is 31.8 Å². The predicted molar refractivity (Wildman–Crippen MR) is 65.3 cm³/mol. The van der Waals surface area contributed by atoms with E-state index in [0.717, 1.165) is 0 Å². The largest absolute Gasteiger partial charge is 0.463 e. The molecule has 18 heavy (non-hydrogen) atoms. The summed E-state index contributed by atoms with van der Waals surface area (Å²) in [5, 5.41) is 5.63. The second-order valence-electron chi connectivity index (χ2n) is 3.62. The molecule has 0 aliphatic rings. The van der Waals surface area contributed by atoms with Crippen LogP contribution in [-0.2, 0) is 9.53 Å². The zero-order valence-electron chi connectivity index (χ0n) is 10.6. The normalized spacial score (nSPS) is 9.72. The van der Waals surface area contributed by atoms with Crippen molar-refractivity contribution in [1.82, 2.24) is 15.3 Å². The van der Waals surface area contributed by atoms with Crippen LogP contribution in [0.25, 0.3) is 0 Å². The Morgan fingerprint density at radius 3 is 2.67 bits per heavy atom. The molecule has 2 N–H and O–H groups in total. The van der Waals surface area contributed by atoms with Gasteiger partial charge in [-0.15, -0.1) is 0 Å². The molecule has 0 aliphatic heterocycles. The number of anilines is 1. The number of carbonyl (C=O) groups is 2. The third kappa shape index (κ3) is 4.36. The minimum atomic E-state index is -0.580. The Morgan fingerprint density at radius 2 is 2.06 bits per heavy atom. The molecular weight excluding hydrogens is 236 g/mol. The number of hydrogen-bond donors (Lipinski definition) is 2. The maximum absolute atomic E-state index is 11.3. The molecule has 0 fully saturated rings. The molecule has 0 spiro atoms. The summed E-state index contributed by atoms with van der Waals surface area (Å²) in [5.41, 5.74) is 0.660. The molecule has 0 aromatic carbocycles. The van der Waals surface area contributed by atoms with Crippen LogP contribution < -0.4 is 10.6 Å². The Labute approximate surface area is 105 Å². The van der Waals surface area contributed by atoms with Gasteiger partial charge in [0.15, 0.2) is 0 Å². The van der Waals surface area contributed by atoms with Gasteiger partial charge in [-0.1, -0.05) is 0 Å². The van der Waals surface area contributed by atoms with Crippen LogP contribution in [0.4, 0.5) is 5.82 Å². The molecule has 0 unspecified atom stereocenters. The first-order chi connectivity index (χ1) is 8.52. The van der Waals surface area contributed by atoms with Gasteiger partial charge in [0.2, 0.25) is 11.7 Å². The van der Waals surface area contributed by atoms with E-state index in [9.17, 15) is 9.59 Å². The van der Waals surface area contributed by atoms with Crippen molar-refractivity contribution in [2.45, 2.75) is 13.8 Å². The van der Waals surface area contributed by atoms with Crippen LogP contribution in [0, 0.1) is 6.92 Å². The quantitative estimate of drug-likeness (QED) is 0.571. The number of aryl methyl sites for hydroxylation is 1. The average molecular weight is 252 g/mol. The summed E-state index contributed by atoms with van der Waals surface area (Å²) >= 11 is 0. The minimum absolute atomic E-state index is 0.0135. The van der Waals surface area contributed by atoms with Crippen molar-refractivity contribution >= 4 is 17.7 Å². The Morgan fingerprint density at radius 1 is 1.33 bits per heavy atom. The molecule has 7 heteroatoms. The summed E-state index contributed by atoms with van der Waals surface area (Å²) in [6.07, 6.45) is 0. The van der Waals surface area contributed by atoms with Crippen LogP contribution in [0.2, 0.25) is 0 Å². The summed E-state index contributed by atoms with van der Waals surface area (Å²) in [6.45, 7) is 4.19. The number of ether oxygens (including phenoxy) is 1. The highest BCUT2D eigenvalue weighted by Gasteiger charge is 2.11. The van der Waals surface area contributed by atoms with E-state index >= 15 is 0 Å². The molecule has 0 saturated heterocycles. The van der Waals surface area contributed by atoms with Crippen molar-refractivity contribution in [3.05, 3.63) is 17.6 Å². The fraction of sp³-hybridized carbons (Fsp3) is 0.455. The van der Waals surface area contributed by atoms with Gasteiger partial charge in [0.25, 0.3) is 0 Å². The Kier molecular flexibility index (Phi) is 5.04. The molecule has 0 aliphatic carbocycles. The van der Waals surface area contributed by atoms with E-state index in [2.05, 4.69) is 25.3 Å². The molecule has 7 nitrogen and oxygen atoms in total. The van der Waals surface area contributed by atoms with Crippen molar-refractivity contribution < 1.29 is 14.3 Å². The van der Waals surface area contributed by atoms with Gasteiger partial charge in [0.05, 0.1) is 7.11 Å². The van der Waals surface area contributed by atoms with Gasteiger partial charge in [-0.2, -0.15) is 0 Å². The zero-order valence-corrected chi connectivity index (χ0v) is 10.6. The molecule has 98 valence electrons. The van der Waals surface area contributed by atoms with Crippen LogP contribution in [0.1, 0.15) is 23.2 Å². The monoisotopic (exact) mass is 252 g/mol. The van der Waals surface area contributed by atoms with Crippen LogP contribution in [-0.4, -0.2) is 42.0 Å². The molecule has 0 saturated carbocycles. The second-order valence-corrected chi connectivity index (χ2v) is 3.62. The number of esters is 1. The van der Waals surface area contributed by atoms with Crippen molar-refractivity contribution in [3.63, 3.8) is 0 Å². The minimum Gasteiger partial charge on any atom is -0.463 e. The summed E-state index contributed by atoms with van der Waals surface area (Å²) in [7, 11) is 1.28. The SMILES string of the molecule is COC(=O)c1nc(C)cc(NCCNC(C)=O)n1. The summed E-state index contributed by atoms with van der Waals surface area (Å²) < 4.78 is 4.55. The van der Waals surface area contributed by atoms with Gasteiger partial charge in [-0.25, -0.2) is 14.8 Å². The van der Waals surface area contributed by atoms with Crippen molar-refractivity contribution in [1.29, 1.82) is 0 Å². The van der Waals surface area contributed by atoms with E-state index in [1.165, 1.54) is 14.0 Å². The standard InChI is InChI=1S/C11H16N4O3/c1-7-6-9(13-5-4-12-8(2)16)15-10(14-7)11(17)18-3/h6H,4-5H2,1-3H3,(H,12,16)(H,13,14,15). The predicted octanol–water partition coefficient (Wildman–Crippen LogP) is 0.120. The number of amides is 1. The van der Waals surface area contributed by atoms with Crippen LogP contribution in [0.15, 0.2) is 6.07 Å². The number of aromatic nitrogens is 2. The maximum atomic E-state index is 11.3. The molecule has 1 aromatic heterocycles. The van der Waals surface area contributed by atoms with Crippen molar-refractivity contribution in [2.24, 2.45) is 0 Å². The molecule has 1 aromatic rings. The topological polar surface area (TPSA) is 93.2 Å². The lowest BCUT2D eigenvalue weighted by Crippen LogP contribution is -2.26. The van der Waals surface area contributed by atoms with Gasteiger partial charge >= 0.3 is 5.97 Å². The van der Waals surface area contributed by atoms with E-state index in [4.69, 9.17) is 0 Å². The molecule has 0 bridgehead atoms. The van der Waals surface area contributed by atoms with E-state index in [0.29, 0.717) is 24.6 Å². The Hall–Kier alpha value is -2.18. The van der Waals surface area contributed by atoms with E-state index in [1.54, 1.807) is 13.0 Å². The number of hydrogen-bond acceptors (Lipinski definition) is 6. The highest BCUT2D eigenvalue weighted by Crippen LogP contribution is 2.06. The maximum Gasteiger partial charge on any atom is 0.376 e. The van der Waals surface area contributed by atoms with E-state index in [-0.39, 0.29) is 11.7 Å². The molecule has 0 radical (unpaired) electrons. The van der Waals surface area contributed by atoms with Gasteiger partial charge in [0.1, 0.15) is 5.82 Å². The van der Waals surface area contributed by atoms with Crippen LogP contribution in [0.3, 0.4) is 0 Å². The first-order valence-corrected chi connectivity index (χ1v) is 5.45. The van der Waals surface area contributed by atoms with E-state index < -0.39 is 5.97 Å². The first kappa shape index (κ1) is 13.9. The van der Waals surface area contributed by atoms with Crippen molar-refractivity contribution in [2.75, 3.05) is 25.5 Å². The lowest BCUT2D eigenvalue weighted by molar-refractivity contribution is -0.118. The van der Waals surface area contributed by atoms with Crippen molar-refractivity contribution in [3.8, 4) is 0 Å². The third-order valence-corrected chi connectivity index (χ3v) is 2.03. The summed E-state index contributed by atoms with van der Waals surface area (Å²) in [4.78, 5) is 29.9. The zero-order chi connectivity index (χ0) is 13.5. The van der Waals surface area contributed by atoms with Gasteiger partial charge < -0.3 is 15.4 Å². The smallest absolute Gasteiger partial charge is 0.376 e. The molecular formula is C11H16N4O3. The van der Waals surface area contributed by atoms with Gasteiger partial charge in [-0.3, -0.25) is 4.79 Å². The summed E-state index contributed by atoms with van der Waals surface area (Å²) in [6, 6.07) is 1.71. The van der Waals surface area contributed by atoms with Gasteiger partial charge in [-0.05, 0) is 6.92 Å². The molecule has 1 amide bonds. The Balaban J connectivity index is 2.63. The summed E-state index contributed by atoms with van der Waals surface area (Å²) in [5.74, 6) is -0.137. The van der Waals surface area contributed by atoms with Crippen LogP contribution in [0.5, 0.6) is 0 Å². The Bertz CT molecular complexity index is 448. The lowest BCUT2D eigenvalue weighted by Gasteiger charge is -2.07. The number of nitrogens with zero attached hydrogens (tertiary/aromatic N) is 2.